The van der Waals surface area contributed by atoms with Crippen molar-refractivity contribution in [3.8, 4) is 0 Å². The predicted molar refractivity (Wildman–Crippen MR) is 95.9 cm³/mol. The molecule has 0 spiro atoms. The average molecular weight is 368 g/mol. The van der Waals surface area contributed by atoms with E-state index in [-0.39, 0.29) is 12.0 Å². The molecule has 0 N–H and O–H groups in total. The minimum Gasteiger partial charge on any atom is -0.274 e. The molecule has 3 rings (SSSR count). The molecule has 0 radical (unpaired) electrons. The second-order valence-electron chi connectivity index (χ2n) is 5.33. The number of hydrogen-bond acceptors (Lipinski definition) is 3. The van der Waals surface area contributed by atoms with E-state index < -0.39 is 5.24 Å². The van der Waals surface area contributed by atoms with Crippen molar-refractivity contribution in [2.24, 2.45) is 5.10 Å². The van der Waals surface area contributed by atoms with Crippen LogP contribution < -0.4 is 5.01 Å². The molecule has 0 aromatic heterocycles. The quantitative estimate of drug-likeness (QED) is 0.706. The van der Waals surface area contributed by atoms with Crippen molar-refractivity contribution in [3.05, 3.63) is 64.1 Å². The van der Waals surface area contributed by atoms with Gasteiger partial charge in [0.25, 0.3) is 5.24 Å². The Morgan fingerprint density at radius 1 is 1.13 bits per heavy atom. The first-order valence-electron chi connectivity index (χ1n) is 7.06. The standard InChI is InChI=1S/C17H13Cl3N2O/c1-10-15(11-5-3-2-4-6-11)16(17(20)23)21-22(10)14-8-7-12(18)9-13(14)19/h2-10,15H,1H3/t10-,15+/m0/s1. The minimum absolute atomic E-state index is 0.103. The van der Waals surface area contributed by atoms with E-state index in [4.69, 9.17) is 34.8 Å². The first-order chi connectivity index (χ1) is 11.0. The van der Waals surface area contributed by atoms with Crippen LogP contribution in [0.4, 0.5) is 5.69 Å². The van der Waals surface area contributed by atoms with Crippen molar-refractivity contribution >= 4 is 51.4 Å². The summed E-state index contributed by atoms with van der Waals surface area (Å²) in [6, 6.07) is 14.8. The molecule has 0 amide bonds. The van der Waals surface area contributed by atoms with Crippen LogP contribution in [0.1, 0.15) is 18.4 Å². The Labute approximate surface area is 149 Å². The van der Waals surface area contributed by atoms with E-state index in [9.17, 15) is 4.79 Å². The van der Waals surface area contributed by atoms with Gasteiger partial charge in [-0.1, -0.05) is 53.5 Å². The van der Waals surface area contributed by atoms with Gasteiger partial charge in [0.1, 0.15) is 5.71 Å². The maximum Gasteiger partial charge on any atom is 0.269 e. The second kappa shape index (κ2) is 6.52. The zero-order valence-electron chi connectivity index (χ0n) is 12.2. The van der Waals surface area contributed by atoms with Gasteiger partial charge in [0.15, 0.2) is 0 Å². The van der Waals surface area contributed by atoms with Gasteiger partial charge in [-0.3, -0.25) is 9.80 Å². The number of carbonyl (C=O) groups is 1. The van der Waals surface area contributed by atoms with Gasteiger partial charge in [-0.2, -0.15) is 5.10 Å². The summed E-state index contributed by atoms with van der Waals surface area (Å²) in [5.74, 6) is -0.215. The first kappa shape index (κ1) is 16.3. The van der Waals surface area contributed by atoms with Gasteiger partial charge >= 0.3 is 0 Å². The summed E-state index contributed by atoms with van der Waals surface area (Å²) in [7, 11) is 0. The molecule has 6 heteroatoms. The Morgan fingerprint density at radius 3 is 2.43 bits per heavy atom. The molecule has 0 unspecified atom stereocenters. The van der Waals surface area contributed by atoms with Crippen LogP contribution >= 0.6 is 34.8 Å². The Bertz CT molecular complexity index is 777. The van der Waals surface area contributed by atoms with Gasteiger partial charge in [-0.15, -0.1) is 0 Å². The molecule has 118 valence electrons. The largest absolute Gasteiger partial charge is 0.274 e. The van der Waals surface area contributed by atoms with Crippen LogP contribution in [-0.2, 0) is 4.79 Å². The third kappa shape index (κ3) is 3.09. The molecule has 0 fully saturated rings. The molecule has 23 heavy (non-hydrogen) atoms. The number of benzene rings is 2. The van der Waals surface area contributed by atoms with Crippen molar-refractivity contribution < 1.29 is 4.79 Å². The van der Waals surface area contributed by atoms with Crippen molar-refractivity contribution in [2.75, 3.05) is 5.01 Å². The highest BCUT2D eigenvalue weighted by atomic mass is 35.5. The summed E-state index contributed by atoms with van der Waals surface area (Å²) in [5, 5.41) is 6.62. The van der Waals surface area contributed by atoms with Crippen LogP contribution in [0, 0.1) is 0 Å². The van der Waals surface area contributed by atoms with Gasteiger partial charge in [0.05, 0.1) is 22.7 Å². The molecule has 0 bridgehead atoms. The van der Waals surface area contributed by atoms with Gasteiger partial charge in [-0.05, 0) is 42.3 Å². The molecule has 2 aromatic carbocycles. The van der Waals surface area contributed by atoms with E-state index in [2.05, 4.69) is 5.10 Å². The summed E-state index contributed by atoms with van der Waals surface area (Å²) < 4.78 is 0. The number of anilines is 1. The van der Waals surface area contributed by atoms with E-state index in [0.29, 0.717) is 21.4 Å². The lowest BCUT2D eigenvalue weighted by molar-refractivity contribution is -0.106. The number of rotatable bonds is 3. The number of carbonyl (C=O) groups excluding carboxylic acids is 1. The lowest BCUT2D eigenvalue weighted by Crippen LogP contribution is -2.30. The highest BCUT2D eigenvalue weighted by molar-refractivity contribution is 6.82. The Kier molecular flexibility index (Phi) is 4.62. The van der Waals surface area contributed by atoms with E-state index in [1.807, 2.05) is 37.3 Å². The van der Waals surface area contributed by atoms with Crippen LogP contribution in [-0.4, -0.2) is 17.0 Å². The third-order valence-electron chi connectivity index (χ3n) is 3.89. The van der Waals surface area contributed by atoms with Gasteiger partial charge in [0, 0.05) is 5.02 Å². The summed E-state index contributed by atoms with van der Waals surface area (Å²) in [6.45, 7) is 1.99. The molecule has 1 aliphatic heterocycles. The van der Waals surface area contributed by atoms with Crippen molar-refractivity contribution in [1.82, 2.24) is 0 Å². The molecular formula is C17H13Cl3N2O. The highest BCUT2D eigenvalue weighted by Gasteiger charge is 2.39. The molecule has 3 nitrogen and oxygen atoms in total. The van der Waals surface area contributed by atoms with Crippen LogP contribution in [0.2, 0.25) is 10.0 Å². The third-order valence-corrected chi connectivity index (χ3v) is 4.63. The van der Waals surface area contributed by atoms with E-state index in [1.165, 1.54) is 0 Å². The average Bonchev–Trinajstić information content (AvgIpc) is 2.86. The molecule has 2 atom stereocenters. The monoisotopic (exact) mass is 366 g/mol. The van der Waals surface area contributed by atoms with Crippen LogP contribution in [0.25, 0.3) is 0 Å². The lowest BCUT2D eigenvalue weighted by atomic mass is 9.89. The van der Waals surface area contributed by atoms with Crippen LogP contribution in [0.15, 0.2) is 53.6 Å². The smallest absolute Gasteiger partial charge is 0.269 e. The maximum absolute atomic E-state index is 11.8. The lowest BCUT2D eigenvalue weighted by Gasteiger charge is -2.25. The number of hydrazone groups is 1. The molecule has 0 saturated heterocycles. The zero-order chi connectivity index (χ0) is 16.6. The molecule has 1 heterocycles. The topological polar surface area (TPSA) is 32.7 Å². The van der Waals surface area contributed by atoms with E-state index >= 15 is 0 Å². The Hall–Kier alpha value is -1.55. The molecular weight excluding hydrogens is 355 g/mol. The van der Waals surface area contributed by atoms with Crippen molar-refractivity contribution in [1.29, 1.82) is 0 Å². The normalized spacial score (nSPS) is 20.5. The van der Waals surface area contributed by atoms with Crippen LogP contribution in [0.5, 0.6) is 0 Å². The number of nitrogens with zero attached hydrogens (tertiary/aromatic N) is 2. The second-order valence-corrected chi connectivity index (χ2v) is 6.52. The van der Waals surface area contributed by atoms with E-state index in [0.717, 1.165) is 5.56 Å². The summed E-state index contributed by atoms with van der Waals surface area (Å²) >= 11 is 18.0. The van der Waals surface area contributed by atoms with Gasteiger partial charge in [0.2, 0.25) is 0 Å². The SMILES string of the molecule is C[C@H]1[C@H](c2ccccc2)C(C(=O)Cl)=NN1c1ccc(Cl)cc1Cl. The minimum atomic E-state index is -0.557. The molecule has 0 saturated carbocycles. The Balaban J connectivity index is 2.06. The summed E-state index contributed by atoms with van der Waals surface area (Å²) in [5.41, 5.74) is 1.99. The number of hydrogen-bond donors (Lipinski definition) is 0. The molecule has 0 aliphatic carbocycles. The fourth-order valence-corrected chi connectivity index (χ4v) is 3.49. The van der Waals surface area contributed by atoms with Gasteiger partial charge < -0.3 is 0 Å². The van der Waals surface area contributed by atoms with Crippen LogP contribution in [0.3, 0.4) is 0 Å². The molecule has 1 aliphatic rings. The summed E-state index contributed by atoms with van der Waals surface area (Å²) in [6.07, 6.45) is 0. The number of halogens is 3. The maximum atomic E-state index is 11.8. The van der Waals surface area contributed by atoms with Crippen molar-refractivity contribution in [2.45, 2.75) is 18.9 Å². The Morgan fingerprint density at radius 2 is 1.83 bits per heavy atom. The van der Waals surface area contributed by atoms with Crippen molar-refractivity contribution in [3.63, 3.8) is 0 Å². The zero-order valence-corrected chi connectivity index (χ0v) is 14.5. The fraction of sp³-hybridized carbons (Fsp3) is 0.176. The predicted octanol–water partition coefficient (Wildman–Crippen LogP) is 5.11. The van der Waals surface area contributed by atoms with Gasteiger partial charge in [-0.25, -0.2) is 0 Å². The highest BCUT2D eigenvalue weighted by Crippen LogP contribution is 2.39. The fourth-order valence-electron chi connectivity index (χ4n) is 2.84. The summed E-state index contributed by atoms with van der Waals surface area (Å²) in [4.78, 5) is 11.8. The molecule has 2 aromatic rings. The first-order valence-corrected chi connectivity index (χ1v) is 8.20. The van der Waals surface area contributed by atoms with E-state index in [1.54, 1.807) is 23.2 Å².